The average molecular weight is 247 g/mol. The van der Waals surface area contributed by atoms with Crippen molar-refractivity contribution in [3.63, 3.8) is 0 Å². The Labute approximate surface area is 102 Å². The Morgan fingerprint density at radius 1 is 1.47 bits per heavy atom. The predicted octanol–water partition coefficient (Wildman–Crippen LogP) is 3.05. The molecule has 1 aromatic heterocycles. The molecule has 5 heteroatoms. The third kappa shape index (κ3) is 2.11. The summed E-state index contributed by atoms with van der Waals surface area (Å²) in [5.41, 5.74) is 0.346. The molecule has 0 aliphatic heterocycles. The zero-order valence-corrected chi connectivity index (χ0v) is 9.91. The summed E-state index contributed by atoms with van der Waals surface area (Å²) >= 11 is 1.26. The van der Waals surface area contributed by atoms with E-state index in [1.165, 1.54) is 17.4 Å². The summed E-state index contributed by atoms with van der Waals surface area (Å²) in [5, 5.41) is 0.768. The molecule has 0 amide bonds. The lowest BCUT2D eigenvalue weighted by atomic mass is 10.2. The van der Waals surface area contributed by atoms with Gasteiger partial charge in [-0.15, -0.1) is 11.3 Å². The van der Waals surface area contributed by atoms with E-state index >= 15 is 0 Å². The van der Waals surface area contributed by atoms with Gasteiger partial charge < -0.3 is 4.74 Å². The van der Waals surface area contributed by atoms with Crippen molar-refractivity contribution in [3.8, 4) is 0 Å². The minimum absolute atomic E-state index is 0.289. The number of nitrogens with zero attached hydrogens (tertiary/aromatic N) is 1. The number of benzene rings is 1. The molecule has 2 aromatic rings. The highest BCUT2D eigenvalue weighted by molar-refractivity contribution is 7.21. The van der Waals surface area contributed by atoms with Crippen LogP contribution in [0.4, 0.5) is 5.69 Å². The van der Waals surface area contributed by atoms with Gasteiger partial charge in [-0.05, 0) is 13.0 Å². The Morgan fingerprint density at radius 2 is 2.24 bits per heavy atom. The molecule has 0 N–H and O–H groups in total. The van der Waals surface area contributed by atoms with Gasteiger partial charge in [-0.25, -0.2) is 9.59 Å². The van der Waals surface area contributed by atoms with E-state index in [0.717, 1.165) is 10.1 Å². The third-order valence-electron chi connectivity index (χ3n) is 2.19. The molecule has 0 atom stereocenters. The SMILES string of the molecule is CCOC(=O)c1sc2ccccc2c1N=C=O. The fourth-order valence-corrected chi connectivity index (χ4v) is 2.56. The average Bonchev–Trinajstić information content (AvgIpc) is 2.70. The molecule has 86 valence electrons. The molecule has 0 aliphatic rings. The van der Waals surface area contributed by atoms with Gasteiger partial charge in [-0.3, -0.25) is 0 Å². The molecule has 1 aromatic carbocycles. The van der Waals surface area contributed by atoms with E-state index in [1.54, 1.807) is 6.92 Å². The zero-order chi connectivity index (χ0) is 12.3. The summed E-state index contributed by atoms with van der Waals surface area (Å²) in [5.74, 6) is -0.456. The lowest BCUT2D eigenvalue weighted by molar-refractivity contribution is 0.0533. The van der Waals surface area contributed by atoms with E-state index in [1.807, 2.05) is 24.3 Å². The molecule has 0 radical (unpaired) electrons. The molecule has 1 heterocycles. The van der Waals surface area contributed by atoms with E-state index in [2.05, 4.69) is 4.99 Å². The number of hydrogen-bond donors (Lipinski definition) is 0. The van der Waals surface area contributed by atoms with Crippen LogP contribution in [0.25, 0.3) is 10.1 Å². The van der Waals surface area contributed by atoms with Gasteiger partial charge in [0.25, 0.3) is 0 Å². The van der Waals surface area contributed by atoms with Crippen LogP contribution in [0.2, 0.25) is 0 Å². The molecule has 4 nitrogen and oxygen atoms in total. The number of carbonyl (C=O) groups is 1. The van der Waals surface area contributed by atoms with Crippen LogP contribution in [0.5, 0.6) is 0 Å². The number of esters is 1. The van der Waals surface area contributed by atoms with Crippen LogP contribution in [0.15, 0.2) is 29.3 Å². The second-order valence-electron chi connectivity index (χ2n) is 3.20. The van der Waals surface area contributed by atoms with Crippen molar-refractivity contribution in [2.75, 3.05) is 6.61 Å². The standard InChI is InChI=1S/C12H9NO3S/c1-2-16-12(15)11-10(13-7-14)8-5-3-4-6-9(8)17-11/h3-6H,2H2,1H3. The number of rotatable bonds is 3. The maximum Gasteiger partial charge on any atom is 0.350 e. The summed E-state index contributed by atoms with van der Waals surface area (Å²) in [6.45, 7) is 2.02. The van der Waals surface area contributed by atoms with Gasteiger partial charge in [-0.2, -0.15) is 4.99 Å². The largest absolute Gasteiger partial charge is 0.462 e. The fraction of sp³-hybridized carbons (Fsp3) is 0.167. The highest BCUT2D eigenvalue weighted by atomic mass is 32.1. The summed E-state index contributed by atoms with van der Waals surface area (Å²) < 4.78 is 5.82. The number of isocyanates is 1. The summed E-state index contributed by atoms with van der Waals surface area (Å²) in [4.78, 5) is 26.1. The van der Waals surface area contributed by atoms with Crippen LogP contribution < -0.4 is 0 Å². The molecule has 0 saturated carbocycles. The summed E-state index contributed by atoms with van der Waals surface area (Å²) in [6, 6.07) is 7.37. The van der Waals surface area contributed by atoms with Crippen LogP contribution in [-0.2, 0) is 9.53 Å². The lowest BCUT2D eigenvalue weighted by Gasteiger charge is -1.98. The third-order valence-corrected chi connectivity index (χ3v) is 3.33. The molecule has 17 heavy (non-hydrogen) atoms. The van der Waals surface area contributed by atoms with E-state index in [0.29, 0.717) is 10.6 Å². The number of hydrogen-bond acceptors (Lipinski definition) is 5. The van der Waals surface area contributed by atoms with E-state index in [4.69, 9.17) is 4.74 Å². The summed E-state index contributed by atoms with van der Waals surface area (Å²) in [7, 11) is 0. The molecule has 0 bridgehead atoms. The fourth-order valence-electron chi connectivity index (χ4n) is 1.52. The van der Waals surface area contributed by atoms with Crippen molar-refractivity contribution < 1.29 is 14.3 Å². The van der Waals surface area contributed by atoms with Crippen molar-refractivity contribution in [2.45, 2.75) is 6.92 Å². The molecular formula is C12H9NO3S. The minimum atomic E-state index is -0.456. The van der Waals surface area contributed by atoms with Crippen molar-refractivity contribution in [2.24, 2.45) is 4.99 Å². The zero-order valence-electron chi connectivity index (χ0n) is 9.10. The molecule has 0 spiro atoms. The molecule has 0 fully saturated rings. The van der Waals surface area contributed by atoms with Gasteiger partial charge in [0.15, 0.2) is 0 Å². The number of carbonyl (C=O) groups excluding carboxylic acids is 2. The normalized spacial score (nSPS) is 9.94. The first-order valence-electron chi connectivity index (χ1n) is 5.04. The number of ether oxygens (including phenoxy) is 1. The molecule has 0 saturated heterocycles. The number of thiophene rings is 1. The smallest absolute Gasteiger partial charge is 0.350 e. The monoisotopic (exact) mass is 247 g/mol. The topological polar surface area (TPSA) is 55.7 Å². The van der Waals surface area contributed by atoms with Gasteiger partial charge in [0.05, 0.1) is 6.61 Å². The first-order valence-corrected chi connectivity index (χ1v) is 5.86. The highest BCUT2D eigenvalue weighted by Gasteiger charge is 2.18. The van der Waals surface area contributed by atoms with Gasteiger partial charge in [-0.1, -0.05) is 18.2 Å². The molecule has 0 aliphatic carbocycles. The van der Waals surface area contributed by atoms with Gasteiger partial charge in [0.1, 0.15) is 10.6 Å². The first-order chi connectivity index (χ1) is 8.27. The Bertz CT molecular complexity index is 611. The molecular weight excluding hydrogens is 238 g/mol. The van der Waals surface area contributed by atoms with Crippen LogP contribution in [0, 0.1) is 0 Å². The maximum atomic E-state index is 11.7. The minimum Gasteiger partial charge on any atom is -0.462 e. The lowest BCUT2D eigenvalue weighted by Crippen LogP contribution is -2.02. The van der Waals surface area contributed by atoms with Gasteiger partial charge in [0, 0.05) is 10.1 Å². The molecule has 2 rings (SSSR count). The Balaban J connectivity index is 2.65. The Morgan fingerprint density at radius 3 is 2.94 bits per heavy atom. The van der Waals surface area contributed by atoms with E-state index < -0.39 is 5.97 Å². The molecule has 0 unspecified atom stereocenters. The Kier molecular flexibility index (Phi) is 3.32. The number of aliphatic imine (C=N–C) groups is 1. The van der Waals surface area contributed by atoms with Crippen LogP contribution in [-0.4, -0.2) is 18.7 Å². The second-order valence-corrected chi connectivity index (χ2v) is 4.25. The second kappa shape index (κ2) is 4.91. The van der Waals surface area contributed by atoms with Gasteiger partial charge >= 0.3 is 5.97 Å². The Hall–Kier alpha value is -1.97. The first kappa shape index (κ1) is 11.5. The highest BCUT2D eigenvalue weighted by Crippen LogP contribution is 2.37. The van der Waals surface area contributed by atoms with E-state index in [9.17, 15) is 9.59 Å². The quantitative estimate of drug-likeness (QED) is 0.476. The van der Waals surface area contributed by atoms with Crippen molar-refractivity contribution in [3.05, 3.63) is 29.1 Å². The van der Waals surface area contributed by atoms with Crippen molar-refractivity contribution in [1.29, 1.82) is 0 Å². The maximum absolute atomic E-state index is 11.7. The van der Waals surface area contributed by atoms with Crippen molar-refractivity contribution in [1.82, 2.24) is 0 Å². The van der Waals surface area contributed by atoms with Crippen LogP contribution in [0.3, 0.4) is 0 Å². The van der Waals surface area contributed by atoms with Gasteiger partial charge in [0.2, 0.25) is 6.08 Å². The number of fused-ring (bicyclic) bond motifs is 1. The predicted molar refractivity (Wildman–Crippen MR) is 65.6 cm³/mol. The van der Waals surface area contributed by atoms with Crippen molar-refractivity contribution >= 4 is 39.2 Å². The summed E-state index contributed by atoms with van der Waals surface area (Å²) in [6.07, 6.45) is 1.47. The van der Waals surface area contributed by atoms with E-state index in [-0.39, 0.29) is 6.61 Å². The van der Waals surface area contributed by atoms with Crippen LogP contribution in [0.1, 0.15) is 16.6 Å². The van der Waals surface area contributed by atoms with Crippen LogP contribution >= 0.6 is 11.3 Å².